The molecule has 4 fully saturated rings. The molecule has 3 aliphatic heterocycles. The Kier molecular flexibility index (Phi) is 10.4. The van der Waals surface area contributed by atoms with Crippen LogP contribution in [-0.4, -0.2) is 90.7 Å². The lowest BCUT2D eigenvalue weighted by molar-refractivity contribution is -0.111. The van der Waals surface area contributed by atoms with E-state index in [2.05, 4.69) is 41.9 Å². The van der Waals surface area contributed by atoms with Gasteiger partial charge in [-0.05, 0) is 84.8 Å². The molecule has 4 aliphatic rings. The molecule has 54 heavy (non-hydrogen) atoms. The number of amides is 1. The highest BCUT2D eigenvalue weighted by Crippen LogP contribution is 2.41. The van der Waals surface area contributed by atoms with Crippen LogP contribution in [0.25, 0.3) is 11.1 Å². The van der Waals surface area contributed by atoms with Crippen molar-refractivity contribution < 1.29 is 23.1 Å². The maximum Gasteiger partial charge on any atom is 0.247 e. The minimum atomic E-state index is -0.426. The van der Waals surface area contributed by atoms with E-state index < -0.39 is 5.82 Å². The Balaban J connectivity index is 1.00. The van der Waals surface area contributed by atoms with Gasteiger partial charge in [0, 0.05) is 69.9 Å². The van der Waals surface area contributed by atoms with Crippen molar-refractivity contribution in [1.82, 2.24) is 19.8 Å². The quantitative estimate of drug-likeness (QED) is 0.158. The minimum Gasteiger partial charge on any atom is -0.494 e. The Hall–Kier alpha value is -5.11. The fourth-order valence-corrected chi connectivity index (χ4v) is 8.07. The first-order valence-electron chi connectivity index (χ1n) is 18.8. The average Bonchev–Trinajstić information content (AvgIpc) is 3.93. The molecule has 11 nitrogen and oxygen atoms in total. The molecule has 0 bridgehead atoms. The number of ether oxygens (including phenoxy) is 1. The van der Waals surface area contributed by atoms with Crippen LogP contribution < -0.4 is 25.3 Å². The number of carbonyl (C=O) groups excluding carboxylic acids is 1. The maximum atomic E-state index is 14.9. The number of piperidine rings is 1. The average molecular weight is 737 g/mol. The van der Waals surface area contributed by atoms with E-state index in [9.17, 15) is 13.6 Å². The van der Waals surface area contributed by atoms with Crippen molar-refractivity contribution >= 4 is 34.6 Å². The van der Waals surface area contributed by atoms with Crippen molar-refractivity contribution in [3.05, 3.63) is 96.8 Å². The summed E-state index contributed by atoms with van der Waals surface area (Å²) in [6.07, 6.45) is 8.09. The zero-order valence-corrected chi connectivity index (χ0v) is 30.5. The second kappa shape index (κ2) is 15.7. The molecule has 3 saturated heterocycles. The Bertz CT molecular complexity index is 2000. The summed E-state index contributed by atoms with van der Waals surface area (Å²) >= 11 is 0. The molecule has 8 rings (SSSR count). The van der Waals surface area contributed by atoms with Gasteiger partial charge in [0.2, 0.25) is 5.91 Å². The van der Waals surface area contributed by atoms with Crippen molar-refractivity contribution in [3.8, 4) is 16.9 Å². The third-order valence-corrected chi connectivity index (χ3v) is 11.0. The van der Waals surface area contributed by atoms with E-state index in [1.807, 2.05) is 18.2 Å². The van der Waals surface area contributed by atoms with Gasteiger partial charge in [0.1, 0.15) is 29.5 Å². The molecule has 0 spiro atoms. The number of rotatable bonds is 11. The summed E-state index contributed by atoms with van der Waals surface area (Å²) in [4.78, 5) is 35.3. The number of anilines is 5. The second-order valence-corrected chi connectivity index (χ2v) is 14.4. The van der Waals surface area contributed by atoms with E-state index in [1.54, 1.807) is 30.4 Å². The van der Waals surface area contributed by atoms with Gasteiger partial charge in [0.15, 0.2) is 5.82 Å². The predicted molar refractivity (Wildman–Crippen MR) is 206 cm³/mol. The summed E-state index contributed by atoms with van der Waals surface area (Å²) in [5.74, 6) is 0.391. The number of hydrogen-bond acceptors (Lipinski definition) is 10. The zero-order valence-electron chi connectivity index (χ0n) is 30.5. The summed E-state index contributed by atoms with van der Waals surface area (Å²) in [6.45, 7) is 10.4. The first-order chi connectivity index (χ1) is 26.3. The predicted octanol–water partition coefficient (Wildman–Crippen LogP) is 6.93. The summed E-state index contributed by atoms with van der Waals surface area (Å²) in [5.41, 5.74) is 3.95. The van der Waals surface area contributed by atoms with Crippen LogP contribution in [-0.2, 0) is 9.63 Å². The fraction of sp³-hybridized carbons (Fsp3) is 0.390. The van der Waals surface area contributed by atoms with Crippen molar-refractivity contribution in [1.29, 1.82) is 0 Å². The number of aromatic nitrogens is 2. The number of nitrogens with one attached hydrogen (secondary N) is 2. The molecule has 2 N–H and O–H groups in total. The molecule has 0 radical (unpaired) electrons. The van der Waals surface area contributed by atoms with Crippen molar-refractivity contribution in [2.45, 2.75) is 50.2 Å². The summed E-state index contributed by atoms with van der Waals surface area (Å²) in [6, 6.07) is 17.4. The van der Waals surface area contributed by atoms with Crippen LogP contribution in [0.4, 0.5) is 37.5 Å². The van der Waals surface area contributed by atoms with Gasteiger partial charge in [-0.15, -0.1) is 0 Å². The highest BCUT2D eigenvalue weighted by molar-refractivity contribution is 6.02. The summed E-state index contributed by atoms with van der Waals surface area (Å²) in [5, 5.41) is 8.02. The maximum absolute atomic E-state index is 14.9. The number of hydrogen-bond donors (Lipinski definition) is 2. The van der Waals surface area contributed by atoms with Crippen molar-refractivity contribution in [2.75, 3.05) is 73.6 Å². The Morgan fingerprint density at radius 1 is 0.852 bits per heavy atom. The van der Waals surface area contributed by atoms with Crippen LogP contribution in [0.3, 0.4) is 0 Å². The molecule has 1 amide bonds. The van der Waals surface area contributed by atoms with Gasteiger partial charge >= 0.3 is 0 Å². The molecule has 4 aromatic rings. The second-order valence-electron chi connectivity index (χ2n) is 14.4. The van der Waals surface area contributed by atoms with Crippen molar-refractivity contribution in [2.24, 2.45) is 0 Å². The van der Waals surface area contributed by atoms with Gasteiger partial charge in [-0.1, -0.05) is 18.7 Å². The highest BCUT2D eigenvalue weighted by Gasteiger charge is 2.34. The Morgan fingerprint density at radius 3 is 2.30 bits per heavy atom. The topological polar surface area (TPSA) is 98.3 Å². The van der Waals surface area contributed by atoms with Gasteiger partial charge in [-0.2, -0.15) is 0 Å². The lowest BCUT2D eigenvalue weighted by Crippen LogP contribution is -2.53. The summed E-state index contributed by atoms with van der Waals surface area (Å²) in [7, 11) is 1.62. The number of halogens is 2. The molecule has 1 atom stereocenters. The molecule has 4 heterocycles. The molecule has 1 aliphatic carbocycles. The van der Waals surface area contributed by atoms with Gasteiger partial charge < -0.3 is 20.3 Å². The van der Waals surface area contributed by atoms with Crippen molar-refractivity contribution in [3.63, 3.8) is 0 Å². The fourth-order valence-electron chi connectivity index (χ4n) is 8.07. The number of piperazine rings is 1. The minimum absolute atomic E-state index is 0.310. The molecule has 0 unspecified atom stereocenters. The first kappa shape index (κ1) is 35.9. The van der Waals surface area contributed by atoms with Crippen LogP contribution in [0.15, 0.2) is 79.6 Å². The van der Waals surface area contributed by atoms with Gasteiger partial charge in [-0.3, -0.25) is 19.4 Å². The van der Waals surface area contributed by atoms with E-state index in [0.29, 0.717) is 64.5 Å². The van der Waals surface area contributed by atoms with Crippen LogP contribution >= 0.6 is 0 Å². The van der Waals surface area contributed by atoms with Gasteiger partial charge in [0.25, 0.3) is 0 Å². The molecular weight excluding hydrogens is 690 g/mol. The number of carbonyl (C=O) groups is 1. The molecule has 13 heteroatoms. The smallest absolute Gasteiger partial charge is 0.247 e. The molecule has 3 aromatic carbocycles. The number of nitrogens with zero attached hydrogens (tertiary/aromatic N) is 6. The van der Waals surface area contributed by atoms with Gasteiger partial charge in [0.05, 0.1) is 36.8 Å². The molecular formula is C41H46F2N8O3. The standard InChI is InChI=1S/C41H46F2N8O3/c1-3-41(52)47-34-23-35(38(53-2)24-37(34)50-12-9-33(10-13-50)49-16-14-48(15-17-49)32-7-8-32)46-39-25-40(45-26-44-39)51-36(11-18-54-51)29-19-28(21-31(43)22-29)27-5-4-6-30(42)20-27/h3-6,19-26,32-33,36H,1,7-18H2,2H3,(H,47,52)(H,44,45,46)/t36-/m1/s1. The van der Waals surface area contributed by atoms with E-state index in [-0.39, 0.29) is 17.8 Å². The first-order valence-corrected chi connectivity index (χ1v) is 18.8. The van der Waals surface area contributed by atoms with Crippen LogP contribution in [0.5, 0.6) is 5.75 Å². The van der Waals surface area contributed by atoms with E-state index >= 15 is 0 Å². The Labute approximate surface area is 314 Å². The van der Waals surface area contributed by atoms with Gasteiger partial charge in [-0.25, -0.2) is 23.8 Å². The lowest BCUT2D eigenvalue weighted by Gasteiger charge is -2.43. The van der Waals surface area contributed by atoms with E-state index in [1.165, 1.54) is 62.6 Å². The van der Waals surface area contributed by atoms with Crippen LogP contribution in [0.2, 0.25) is 0 Å². The Morgan fingerprint density at radius 2 is 1.59 bits per heavy atom. The number of benzene rings is 3. The SMILES string of the molecule is C=CC(=O)Nc1cc(Nc2cc(N3OCC[C@@H]3c3cc(F)cc(-c4cccc(F)c4)c3)ncn2)c(OC)cc1N1CCC(N2CCN(C3CC3)CC2)CC1. The number of methoxy groups -OCH3 is 1. The van der Waals surface area contributed by atoms with Crippen LogP contribution in [0.1, 0.15) is 43.7 Å². The third kappa shape index (κ3) is 7.89. The monoisotopic (exact) mass is 736 g/mol. The van der Waals surface area contributed by atoms with Crippen LogP contribution in [0, 0.1) is 11.6 Å². The highest BCUT2D eigenvalue weighted by atomic mass is 19.1. The van der Waals surface area contributed by atoms with E-state index in [0.717, 1.165) is 50.7 Å². The molecule has 1 aromatic heterocycles. The molecule has 1 saturated carbocycles. The third-order valence-electron chi connectivity index (χ3n) is 11.0. The normalized spacial score (nSPS) is 19.9. The lowest BCUT2D eigenvalue weighted by atomic mass is 9.97. The largest absolute Gasteiger partial charge is 0.494 e. The summed E-state index contributed by atoms with van der Waals surface area (Å²) < 4.78 is 34.8. The molecule has 282 valence electrons. The van der Waals surface area contributed by atoms with E-state index in [4.69, 9.17) is 9.57 Å². The number of hydroxylamine groups is 1. The zero-order chi connectivity index (χ0) is 37.2.